The van der Waals surface area contributed by atoms with Crippen molar-refractivity contribution in [1.82, 2.24) is 19.1 Å². The number of carbonyl (C=O) groups is 1. The summed E-state index contributed by atoms with van der Waals surface area (Å²) in [6.07, 6.45) is 7.23. The highest BCUT2D eigenvalue weighted by Gasteiger charge is 2.61. The molecule has 4 saturated carbocycles. The fourth-order valence-electron chi connectivity index (χ4n) is 7.15. The molecule has 182 valence electrons. The second kappa shape index (κ2) is 8.01. The number of amides is 1. The van der Waals surface area contributed by atoms with E-state index in [0.717, 1.165) is 32.1 Å². The molecule has 4 aliphatic carbocycles. The summed E-state index contributed by atoms with van der Waals surface area (Å²) in [7, 11) is -3.64. The highest BCUT2D eigenvalue weighted by Crippen LogP contribution is 2.64. The summed E-state index contributed by atoms with van der Waals surface area (Å²) in [6, 6.07) is 6.58. The van der Waals surface area contributed by atoms with Gasteiger partial charge in [-0.1, -0.05) is 6.07 Å². The molecule has 0 unspecified atom stereocenters. The normalized spacial score (nSPS) is 33.2. The lowest BCUT2D eigenvalue weighted by molar-refractivity contribution is -0.150. The molecular formula is C23H28ClN5O4S. The van der Waals surface area contributed by atoms with Crippen LogP contribution in [0.4, 0.5) is 5.69 Å². The topological polar surface area (TPSA) is 106 Å². The van der Waals surface area contributed by atoms with Crippen LogP contribution in [0.15, 0.2) is 35.5 Å². The van der Waals surface area contributed by atoms with E-state index in [1.54, 1.807) is 30.6 Å². The van der Waals surface area contributed by atoms with Crippen molar-refractivity contribution < 1.29 is 17.9 Å². The van der Waals surface area contributed by atoms with Crippen LogP contribution >= 0.6 is 11.6 Å². The maximum atomic E-state index is 13.7. The number of halogens is 1. The summed E-state index contributed by atoms with van der Waals surface area (Å²) in [5.41, 5.74) is -0.224. The lowest BCUT2D eigenvalue weighted by Gasteiger charge is -2.60. The van der Waals surface area contributed by atoms with E-state index in [9.17, 15) is 13.2 Å². The maximum absolute atomic E-state index is 13.7. The predicted molar refractivity (Wildman–Crippen MR) is 125 cm³/mol. The lowest BCUT2D eigenvalue weighted by Crippen LogP contribution is -2.60. The molecule has 2 aromatic rings. The van der Waals surface area contributed by atoms with Crippen LogP contribution in [0.5, 0.6) is 0 Å². The minimum atomic E-state index is -3.64. The molecule has 1 amide bonds. The average Bonchev–Trinajstić information content (AvgIpc) is 3.26. The van der Waals surface area contributed by atoms with E-state index < -0.39 is 15.4 Å². The second-order valence-corrected chi connectivity index (χ2v) is 12.7. The molecule has 1 N–H and O–H groups in total. The van der Waals surface area contributed by atoms with Gasteiger partial charge in [-0.3, -0.25) is 4.79 Å². The largest absolute Gasteiger partial charge is 0.379 e. The van der Waals surface area contributed by atoms with E-state index >= 15 is 0 Å². The first kappa shape index (κ1) is 22.5. The molecule has 1 aromatic heterocycles. The zero-order chi connectivity index (χ0) is 23.6. The summed E-state index contributed by atoms with van der Waals surface area (Å²) >= 11 is 6.03. The fraction of sp³-hybridized carbons (Fsp3) is 0.609. The zero-order valence-corrected chi connectivity index (χ0v) is 20.4. The molecular weight excluding hydrogens is 478 g/mol. The van der Waals surface area contributed by atoms with Gasteiger partial charge in [0.15, 0.2) is 0 Å². The van der Waals surface area contributed by atoms with E-state index in [4.69, 9.17) is 16.3 Å². The van der Waals surface area contributed by atoms with Gasteiger partial charge in [-0.05, 0) is 80.2 Å². The van der Waals surface area contributed by atoms with Crippen molar-refractivity contribution in [3.05, 3.63) is 35.9 Å². The van der Waals surface area contributed by atoms with Crippen LogP contribution < -0.4 is 5.32 Å². The standard InChI is InChI=1S/C23H28ClN5O4S/c24-21-25-15-29(27-21)23-12-16-8-17(13-23)11-22(10-16,14-23)20(30)26-18-2-1-3-19(9-18)34(31,32)28-4-6-33-7-5-28/h1-3,9,15-17H,4-8,10-14H2,(H,26,30)/t16-,17-,22?,23?/m1/s1. The van der Waals surface area contributed by atoms with Crippen LogP contribution in [0.1, 0.15) is 38.5 Å². The molecule has 0 spiro atoms. The Labute approximate surface area is 203 Å². The van der Waals surface area contributed by atoms with Gasteiger partial charge >= 0.3 is 0 Å². The van der Waals surface area contributed by atoms with Crippen LogP contribution in [0.3, 0.4) is 0 Å². The first-order valence-electron chi connectivity index (χ1n) is 11.9. The third kappa shape index (κ3) is 3.66. The number of benzene rings is 1. The van der Waals surface area contributed by atoms with Gasteiger partial charge in [0.2, 0.25) is 21.2 Å². The van der Waals surface area contributed by atoms with Crippen molar-refractivity contribution >= 4 is 33.2 Å². The average molecular weight is 506 g/mol. The molecule has 5 fully saturated rings. The number of ether oxygens (including phenoxy) is 1. The van der Waals surface area contributed by atoms with Gasteiger partial charge in [0.05, 0.1) is 29.1 Å². The Morgan fingerprint density at radius 2 is 1.88 bits per heavy atom. The molecule has 11 heteroatoms. The van der Waals surface area contributed by atoms with Crippen molar-refractivity contribution in [1.29, 1.82) is 0 Å². The summed E-state index contributed by atoms with van der Waals surface area (Å²) < 4.78 is 34.8. The van der Waals surface area contributed by atoms with Gasteiger partial charge < -0.3 is 10.1 Å². The maximum Gasteiger partial charge on any atom is 0.243 e. The quantitative estimate of drug-likeness (QED) is 0.669. The Morgan fingerprint density at radius 3 is 2.56 bits per heavy atom. The number of sulfonamides is 1. The number of nitrogens with zero attached hydrogens (tertiary/aromatic N) is 4. The molecule has 0 radical (unpaired) electrons. The van der Waals surface area contributed by atoms with Crippen molar-refractivity contribution in [2.75, 3.05) is 31.6 Å². The molecule has 7 rings (SSSR count). The lowest BCUT2D eigenvalue weighted by atomic mass is 9.46. The Kier molecular flexibility index (Phi) is 5.29. The molecule has 4 bridgehead atoms. The first-order valence-corrected chi connectivity index (χ1v) is 13.7. The zero-order valence-electron chi connectivity index (χ0n) is 18.8. The Bertz CT molecular complexity index is 1210. The van der Waals surface area contributed by atoms with Crippen molar-refractivity contribution in [2.45, 2.75) is 49.0 Å². The van der Waals surface area contributed by atoms with Gasteiger partial charge in [0, 0.05) is 18.8 Å². The molecule has 34 heavy (non-hydrogen) atoms. The number of aromatic nitrogens is 3. The number of anilines is 1. The number of rotatable bonds is 5. The minimum absolute atomic E-state index is 0.0295. The second-order valence-electron chi connectivity index (χ2n) is 10.4. The van der Waals surface area contributed by atoms with E-state index in [2.05, 4.69) is 15.4 Å². The smallest absolute Gasteiger partial charge is 0.243 e. The van der Waals surface area contributed by atoms with Crippen LogP contribution in [0, 0.1) is 17.3 Å². The summed E-state index contributed by atoms with van der Waals surface area (Å²) in [4.78, 5) is 18.1. The third-order valence-electron chi connectivity index (χ3n) is 8.16. The fourth-order valence-corrected chi connectivity index (χ4v) is 8.73. The van der Waals surface area contributed by atoms with Gasteiger partial charge in [-0.15, -0.1) is 5.10 Å². The molecule has 2 heterocycles. The van der Waals surface area contributed by atoms with Gasteiger partial charge in [0.25, 0.3) is 0 Å². The highest BCUT2D eigenvalue weighted by atomic mass is 35.5. The summed E-state index contributed by atoms with van der Waals surface area (Å²) in [6.45, 7) is 1.44. The Morgan fingerprint density at radius 1 is 1.15 bits per heavy atom. The number of nitrogens with one attached hydrogen (secondary N) is 1. The Balaban J connectivity index is 1.26. The molecule has 1 saturated heterocycles. The van der Waals surface area contributed by atoms with Gasteiger partial charge in [0.1, 0.15) is 6.33 Å². The number of morpholine rings is 1. The van der Waals surface area contributed by atoms with Crippen molar-refractivity contribution in [3.63, 3.8) is 0 Å². The van der Waals surface area contributed by atoms with E-state index in [0.29, 0.717) is 50.2 Å². The highest BCUT2D eigenvalue weighted by molar-refractivity contribution is 7.89. The molecule has 5 aliphatic rings. The van der Waals surface area contributed by atoms with Crippen molar-refractivity contribution in [2.24, 2.45) is 17.3 Å². The van der Waals surface area contributed by atoms with Crippen LogP contribution in [-0.4, -0.2) is 59.7 Å². The van der Waals surface area contributed by atoms with E-state index in [-0.39, 0.29) is 21.6 Å². The van der Waals surface area contributed by atoms with Crippen LogP contribution in [0.2, 0.25) is 5.28 Å². The molecule has 1 aliphatic heterocycles. The van der Waals surface area contributed by atoms with Crippen molar-refractivity contribution in [3.8, 4) is 0 Å². The van der Waals surface area contributed by atoms with E-state index in [1.165, 1.54) is 4.31 Å². The third-order valence-corrected chi connectivity index (χ3v) is 10.2. The van der Waals surface area contributed by atoms with Gasteiger partial charge in [-0.25, -0.2) is 18.1 Å². The predicted octanol–water partition coefficient (Wildman–Crippen LogP) is 2.89. The minimum Gasteiger partial charge on any atom is -0.379 e. The molecule has 2 atom stereocenters. The monoisotopic (exact) mass is 505 g/mol. The SMILES string of the molecule is O=C(Nc1cccc(S(=O)(=O)N2CCOCC2)c1)C12C[C@H]3C[C@H](C1)CC(n1cnc(Cl)n1)(C3)C2. The Hall–Kier alpha value is -2.01. The van der Waals surface area contributed by atoms with E-state index in [1.807, 2.05) is 4.68 Å². The number of hydrogen-bond donors (Lipinski definition) is 1. The van der Waals surface area contributed by atoms with Crippen LogP contribution in [0.25, 0.3) is 0 Å². The number of hydrogen-bond acceptors (Lipinski definition) is 6. The molecule has 1 aromatic carbocycles. The summed E-state index contributed by atoms with van der Waals surface area (Å²) in [5, 5.41) is 7.72. The summed E-state index contributed by atoms with van der Waals surface area (Å²) in [5.74, 6) is 0.893. The van der Waals surface area contributed by atoms with Crippen LogP contribution in [-0.2, 0) is 25.1 Å². The van der Waals surface area contributed by atoms with Gasteiger partial charge in [-0.2, -0.15) is 4.31 Å². The first-order chi connectivity index (χ1) is 16.3. The molecule has 9 nitrogen and oxygen atoms in total. The number of carbonyl (C=O) groups excluding carboxylic acids is 1.